The molecule has 0 aliphatic rings. The van der Waals surface area contributed by atoms with E-state index in [9.17, 15) is 20.2 Å². The van der Waals surface area contributed by atoms with Crippen molar-refractivity contribution in [3.8, 4) is 0 Å². The minimum absolute atomic E-state index is 0.101. The second kappa shape index (κ2) is 6.27. The van der Waals surface area contributed by atoms with Crippen LogP contribution in [0.3, 0.4) is 0 Å². The maximum Gasteiger partial charge on any atom is 0.281 e. The number of nitro benzene ring substituents is 2. The van der Waals surface area contributed by atoms with Crippen LogP contribution in [-0.2, 0) is 13.0 Å². The van der Waals surface area contributed by atoms with Crippen LogP contribution in [0.1, 0.15) is 11.3 Å². The molecule has 1 aromatic heterocycles. The molecule has 0 aliphatic carbocycles. The summed E-state index contributed by atoms with van der Waals surface area (Å²) in [5, 5.41) is 29.4. The molecule has 0 N–H and O–H groups in total. The number of non-ortho nitro benzene ring substituents is 1. The lowest BCUT2D eigenvalue weighted by molar-refractivity contribution is -0.394. The molecular weight excluding hydrogens is 302 g/mol. The van der Waals surface area contributed by atoms with E-state index in [4.69, 9.17) is 11.6 Å². The number of hydrogen-bond acceptors (Lipinski definition) is 6. The fourth-order valence-corrected chi connectivity index (χ4v) is 1.96. The van der Waals surface area contributed by atoms with Gasteiger partial charge in [0.25, 0.3) is 11.4 Å². The summed E-state index contributed by atoms with van der Waals surface area (Å²) in [4.78, 5) is 20.3. The van der Waals surface area contributed by atoms with E-state index in [1.807, 2.05) is 0 Å². The van der Waals surface area contributed by atoms with E-state index in [0.29, 0.717) is 23.6 Å². The molecule has 0 bridgehead atoms. The molecule has 0 saturated heterocycles. The van der Waals surface area contributed by atoms with Gasteiger partial charge in [0, 0.05) is 24.6 Å². The Balaban J connectivity index is 2.29. The number of nitro groups is 2. The van der Waals surface area contributed by atoms with Gasteiger partial charge in [-0.15, -0.1) is 16.7 Å². The smallest absolute Gasteiger partial charge is 0.258 e. The highest BCUT2D eigenvalue weighted by Gasteiger charge is 2.19. The average Bonchev–Trinajstić information content (AvgIpc) is 2.86. The lowest BCUT2D eigenvalue weighted by Crippen LogP contribution is -2.04. The van der Waals surface area contributed by atoms with Gasteiger partial charge in [0.2, 0.25) is 0 Å². The fourth-order valence-electron chi connectivity index (χ4n) is 1.77. The molecular formula is C11H10ClN5O4. The predicted molar refractivity (Wildman–Crippen MR) is 73.3 cm³/mol. The maximum atomic E-state index is 11.0. The van der Waals surface area contributed by atoms with Crippen LogP contribution in [0.5, 0.6) is 0 Å². The zero-order valence-corrected chi connectivity index (χ0v) is 11.4. The highest BCUT2D eigenvalue weighted by Crippen LogP contribution is 2.25. The van der Waals surface area contributed by atoms with Crippen molar-refractivity contribution in [2.75, 3.05) is 5.88 Å². The van der Waals surface area contributed by atoms with Gasteiger partial charge in [0.05, 0.1) is 33.7 Å². The number of benzene rings is 1. The van der Waals surface area contributed by atoms with E-state index >= 15 is 0 Å². The van der Waals surface area contributed by atoms with Gasteiger partial charge in [-0.1, -0.05) is 5.21 Å². The van der Waals surface area contributed by atoms with Crippen molar-refractivity contribution in [2.24, 2.45) is 0 Å². The van der Waals surface area contributed by atoms with E-state index < -0.39 is 9.85 Å². The predicted octanol–water partition coefficient (Wildman–Crippen LogP) is 1.92. The van der Waals surface area contributed by atoms with Crippen LogP contribution in [0.4, 0.5) is 11.4 Å². The summed E-state index contributed by atoms with van der Waals surface area (Å²) in [6.07, 6.45) is 2.18. The van der Waals surface area contributed by atoms with Crippen molar-refractivity contribution in [1.29, 1.82) is 0 Å². The topological polar surface area (TPSA) is 117 Å². The van der Waals surface area contributed by atoms with Crippen molar-refractivity contribution in [2.45, 2.75) is 13.0 Å². The molecule has 0 atom stereocenters. The standard InChI is InChI=1S/C11H10ClN5O4/c12-4-3-9-7-15(14-13-9)6-8-1-2-10(16(18)19)5-11(8)17(20)21/h1-2,5,7H,3-4,6H2. The van der Waals surface area contributed by atoms with E-state index in [1.54, 1.807) is 6.20 Å². The van der Waals surface area contributed by atoms with Crippen LogP contribution < -0.4 is 0 Å². The number of aromatic nitrogens is 3. The molecule has 110 valence electrons. The molecule has 0 radical (unpaired) electrons. The number of hydrogen-bond donors (Lipinski definition) is 0. The molecule has 9 nitrogen and oxygen atoms in total. The Kier molecular flexibility index (Phi) is 4.43. The largest absolute Gasteiger partial charge is 0.281 e. The zero-order chi connectivity index (χ0) is 15.4. The summed E-state index contributed by atoms with van der Waals surface area (Å²) in [5.74, 6) is 0.399. The summed E-state index contributed by atoms with van der Waals surface area (Å²) >= 11 is 5.59. The molecule has 0 aliphatic heterocycles. The third kappa shape index (κ3) is 3.51. The first-order chi connectivity index (χ1) is 10.0. The van der Waals surface area contributed by atoms with Gasteiger partial charge in [-0.3, -0.25) is 20.2 Å². The highest BCUT2D eigenvalue weighted by atomic mass is 35.5. The Bertz CT molecular complexity index is 687. The summed E-state index contributed by atoms with van der Waals surface area (Å²) in [7, 11) is 0. The van der Waals surface area contributed by atoms with Gasteiger partial charge in [0.1, 0.15) is 0 Å². The third-order valence-corrected chi connectivity index (χ3v) is 2.93. The first-order valence-corrected chi connectivity index (χ1v) is 6.41. The van der Waals surface area contributed by atoms with Gasteiger partial charge in [-0.25, -0.2) is 4.68 Å². The van der Waals surface area contributed by atoms with Crippen molar-refractivity contribution >= 4 is 23.0 Å². The summed E-state index contributed by atoms with van der Waals surface area (Å²) < 4.78 is 1.43. The molecule has 0 amide bonds. The third-order valence-electron chi connectivity index (χ3n) is 2.75. The molecule has 0 spiro atoms. The van der Waals surface area contributed by atoms with Crippen LogP contribution >= 0.6 is 11.6 Å². The molecule has 21 heavy (non-hydrogen) atoms. The van der Waals surface area contributed by atoms with Crippen LogP contribution in [-0.4, -0.2) is 30.7 Å². The van der Waals surface area contributed by atoms with Crippen molar-refractivity contribution in [3.63, 3.8) is 0 Å². The number of aryl methyl sites for hydroxylation is 1. The average molecular weight is 312 g/mol. The second-order valence-electron chi connectivity index (χ2n) is 4.17. The Morgan fingerprint density at radius 1 is 1.24 bits per heavy atom. The van der Waals surface area contributed by atoms with E-state index in [-0.39, 0.29) is 17.9 Å². The van der Waals surface area contributed by atoms with Crippen LogP contribution in [0, 0.1) is 20.2 Å². The molecule has 10 heteroatoms. The molecule has 0 saturated carbocycles. The normalized spacial score (nSPS) is 10.5. The first kappa shape index (κ1) is 14.9. The Morgan fingerprint density at radius 2 is 2.00 bits per heavy atom. The molecule has 0 unspecified atom stereocenters. The second-order valence-corrected chi connectivity index (χ2v) is 4.55. The van der Waals surface area contributed by atoms with Crippen LogP contribution in [0.2, 0.25) is 0 Å². The maximum absolute atomic E-state index is 11.0. The Labute approximate surface area is 123 Å². The zero-order valence-electron chi connectivity index (χ0n) is 10.7. The number of halogens is 1. The molecule has 0 fully saturated rings. The van der Waals surface area contributed by atoms with E-state index in [2.05, 4.69) is 10.3 Å². The molecule has 1 heterocycles. The van der Waals surface area contributed by atoms with Crippen molar-refractivity contribution in [3.05, 3.63) is 55.9 Å². The Morgan fingerprint density at radius 3 is 2.62 bits per heavy atom. The lowest BCUT2D eigenvalue weighted by atomic mass is 10.1. The van der Waals surface area contributed by atoms with Gasteiger partial charge in [0.15, 0.2) is 0 Å². The summed E-state index contributed by atoms with van der Waals surface area (Å²) in [5.41, 5.74) is 0.341. The fraction of sp³-hybridized carbons (Fsp3) is 0.273. The number of alkyl halides is 1. The summed E-state index contributed by atoms with van der Waals surface area (Å²) in [6.45, 7) is 0.101. The SMILES string of the molecule is O=[N+]([O-])c1ccc(Cn2cc(CCCl)nn2)c([N+](=O)[O-])c1. The van der Waals surface area contributed by atoms with Gasteiger partial charge in [-0.05, 0) is 6.07 Å². The highest BCUT2D eigenvalue weighted by molar-refractivity contribution is 6.17. The van der Waals surface area contributed by atoms with Gasteiger partial charge in [-0.2, -0.15) is 0 Å². The first-order valence-electron chi connectivity index (χ1n) is 5.88. The lowest BCUT2D eigenvalue weighted by Gasteiger charge is -2.02. The van der Waals surface area contributed by atoms with Gasteiger partial charge < -0.3 is 0 Å². The van der Waals surface area contributed by atoms with E-state index in [1.165, 1.54) is 16.8 Å². The van der Waals surface area contributed by atoms with Crippen molar-refractivity contribution < 1.29 is 9.85 Å². The minimum atomic E-state index is -0.676. The van der Waals surface area contributed by atoms with Crippen LogP contribution in [0.15, 0.2) is 24.4 Å². The number of nitrogens with zero attached hydrogens (tertiary/aromatic N) is 5. The molecule has 1 aromatic carbocycles. The van der Waals surface area contributed by atoms with Crippen LogP contribution in [0.25, 0.3) is 0 Å². The van der Waals surface area contributed by atoms with E-state index in [0.717, 1.165) is 6.07 Å². The molecule has 2 rings (SSSR count). The van der Waals surface area contributed by atoms with Crippen molar-refractivity contribution in [1.82, 2.24) is 15.0 Å². The summed E-state index contributed by atoms with van der Waals surface area (Å²) in [6, 6.07) is 3.50. The Hall–Kier alpha value is -2.55. The monoisotopic (exact) mass is 311 g/mol. The number of rotatable bonds is 6. The molecule has 2 aromatic rings. The minimum Gasteiger partial charge on any atom is -0.258 e. The quantitative estimate of drug-likeness (QED) is 0.457. The van der Waals surface area contributed by atoms with Gasteiger partial charge >= 0.3 is 0 Å².